The molecule has 2 aromatic rings. The number of ether oxygens (including phenoxy) is 1. The van der Waals surface area contributed by atoms with Gasteiger partial charge in [0.25, 0.3) is 0 Å². The minimum atomic E-state index is -0.532. The normalized spacial score (nSPS) is 10.2. The number of nitrogens with zero attached hydrogens (tertiary/aromatic N) is 2. The summed E-state index contributed by atoms with van der Waals surface area (Å²) in [5.74, 6) is 0.586. The second-order valence-corrected chi connectivity index (χ2v) is 5.03. The molecule has 0 amide bonds. The predicted molar refractivity (Wildman–Crippen MR) is 79.9 cm³/mol. The SMILES string of the molecule is COc1ccc(Br)cc1Nc1nc(Cl)ccc1[N+](=O)[O-]. The third-order valence-corrected chi connectivity index (χ3v) is 3.16. The van der Waals surface area contributed by atoms with Gasteiger partial charge in [-0.15, -0.1) is 0 Å². The van der Waals surface area contributed by atoms with Crippen LogP contribution in [0.2, 0.25) is 5.15 Å². The van der Waals surface area contributed by atoms with E-state index >= 15 is 0 Å². The number of pyridine rings is 1. The lowest BCUT2D eigenvalue weighted by Crippen LogP contribution is -2.01. The molecule has 0 fully saturated rings. The topological polar surface area (TPSA) is 77.3 Å². The number of benzene rings is 1. The van der Waals surface area contributed by atoms with Crippen LogP contribution in [0.5, 0.6) is 5.75 Å². The summed E-state index contributed by atoms with van der Waals surface area (Å²) in [5, 5.41) is 14.0. The van der Waals surface area contributed by atoms with Gasteiger partial charge in [0.05, 0.1) is 17.7 Å². The molecule has 1 heterocycles. The molecule has 0 radical (unpaired) electrons. The van der Waals surface area contributed by atoms with Crippen LogP contribution in [0.1, 0.15) is 0 Å². The fraction of sp³-hybridized carbons (Fsp3) is 0.0833. The van der Waals surface area contributed by atoms with E-state index < -0.39 is 4.92 Å². The summed E-state index contributed by atoms with van der Waals surface area (Å²) in [5.41, 5.74) is 0.371. The van der Waals surface area contributed by atoms with Gasteiger partial charge in [0.1, 0.15) is 10.9 Å². The van der Waals surface area contributed by atoms with Crippen LogP contribution in [0.15, 0.2) is 34.8 Å². The fourth-order valence-electron chi connectivity index (χ4n) is 1.57. The van der Waals surface area contributed by atoms with Crippen LogP contribution in [-0.2, 0) is 0 Å². The molecule has 0 aliphatic heterocycles. The zero-order valence-corrected chi connectivity index (χ0v) is 12.6. The summed E-state index contributed by atoms with van der Waals surface area (Å²) in [7, 11) is 1.51. The number of halogens is 2. The standard InChI is InChI=1S/C12H9BrClN3O3/c1-20-10-4-2-7(13)6-8(10)15-12-9(17(18)19)3-5-11(14)16-12/h2-6H,1H3,(H,15,16). The van der Waals surface area contributed by atoms with Crippen molar-refractivity contribution in [2.45, 2.75) is 0 Å². The van der Waals surface area contributed by atoms with Crippen LogP contribution in [0, 0.1) is 10.1 Å². The Hall–Kier alpha value is -1.86. The van der Waals surface area contributed by atoms with Gasteiger partial charge in [-0.3, -0.25) is 10.1 Å². The van der Waals surface area contributed by atoms with E-state index in [1.165, 1.54) is 19.2 Å². The Morgan fingerprint density at radius 2 is 2.15 bits per heavy atom. The number of aromatic nitrogens is 1. The average Bonchev–Trinajstić information content (AvgIpc) is 2.38. The molecule has 104 valence electrons. The molecule has 1 aromatic heterocycles. The largest absolute Gasteiger partial charge is 0.495 e. The summed E-state index contributed by atoms with van der Waals surface area (Å²) < 4.78 is 5.99. The molecule has 20 heavy (non-hydrogen) atoms. The molecule has 0 spiro atoms. The smallest absolute Gasteiger partial charge is 0.311 e. The second kappa shape index (κ2) is 6.06. The third kappa shape index (κ3) is 3.17. The van der Waals surface area contributed by atoms with Crippen molar-refractivity contribution in [1.29, 1.82) is 0 Å². The molecular weight excluding hydrogens is 350 g/mol. The first-order chi connectivity index (χ1) is 9.51. The Bertz CT molecular complexity index is 666. The molecule has 8 heteroatoms. The maximum atomic E-state index is 11.0. The van der Waals surface area contributed by atoms with Crippen LogP contribution >= 0.6 is 27.5 Å². The summed E-state index contributed by atoms with van der Waals surface area (Å²) in [6.45, 7) is 0. The molecule has 0 bridgehead atoms. The van der Waals surface area contributed by atoms with Crippen LogP contribution in [-0.4, -0.2) is 17.0 Å². The highest BCUT2D eigenvalue weighted by molar-refractivity contribution is 9.10. The van der Waals surface area contributed by atoms with E-state index in [9.17, 15) is 10.1 Å². The van der Waals surface area contributed by atoms with Gasteiger partial charge in [0.2, 0.25) is 5.82 Å². The monoisotopic (exact) mass is 357 g/mol. The molecule has 6 nitrogen and oxygen atoms in total. The van der Waals surface area contributed by atoms with Gasteiger partial charge in [-0.1, -0.05) is 27.5 Å². The van der Waals surface area contributed by atoms with Gasteiger partial charge in [-0.2, -0.15) is 0 Å². The molecule has 0 unspecified atom stereocenters. The number of hydrogen-bond donors (Lipinski definition) is 1. The molecule has 0 aliphatic carbocycles. The van der Waals surface area contributed by atoms with Crippen molar-refractivity contribution >= 4 is 44.7 Å². The molecule has 2 rings (SSSR count). The predicted octanol–water partition coefficient (Wildman–Crippen LogP) is 4.16. The molecule has 1 aromatic carbocycles. The average molecular weight is 359 g/mol. The first-order valence-electron chi connectivity index (χ1n) is 5.43. The Kier molecular flexibility index (Phi) is 4.41. The molecular formula is C12H9BrClN3O3. The highest BCUT2D eigenvalue weighted by atomic mass is 79.9. The lowest BCUT2D eigenvalue weighted by atomic mass is 10.3. The van der Waals surface area contributed by atoms with Crippen molar-refractivity contribution in [1.82, 2.24) is 4.98 Å². The van der Waals surface area contributed by atoms with Gasteiger partial charge in [0, 0.05) is 10.5 Å². The fourth-order valence-corrected chi connectivity index (χ4v) is 2.08. The second-order valence-electron chi connectivity index (χ2n) is 3.73. The first kappa shape index (κ1) is 14.5. The number of rotatable bonds is 4. The lowest BCUT2D eigenvalue weighted by molar-refractivity contribution is -0.384. The van der Waals surface area contributed by atoms with Gasteiger partial charge < -0.3 is 10.1 Å². The molecule has 0 aliphatic rings. The lowest BCUT2D eigenvalue weighted by Gasteiger charge is -2.11. The number of methoxy groups -OCH3 is 1. The van der Waals surface area contributed by atoms with Gasteiger partial charge in [-0.05, 0) is 24.3 Å². The summed E-state index contributed by atoms with van der Waals surface area (Å²) in [4.78, 5) is 14.4. The van der Waals surface area contributed by atoms with E-state index in [1.54, 1.807) is 18.2 Å². The van der Waals surface area contributed by atoms with Crippen LogP contribution in [0.25, 0.3) is 0 Å². The maximum absolute atomic E-state index is 11.0. The molecule has 1 N–H and O–H groups in total. The Morgan fingerprint density at radius 1 is 1.40 bits per heavy atom. The minimum absolute atomic E-state index is 0.0545. The summed E-state index contributed by atoms with van der Waals surface area (Å²) >= 11 is 9.10. The number of nitrogens with one attached hydrogen (secondary N) is 1. The van der Waals surface area contributed by atoms with Crippen LogP contribution in [0.4, 0.5) is 17.2 Å². The summed E-state index contributed by atoms with van der Waals surface area (Å²) in [6.07, 6.45) is 0. The quantitative estimate of drug-likeness (QED) is 0.504. The molecule has 0 saturated heterocycles. The van der Waals surface area contributed by atoms with Crippen molar-refractivity contribution < 1.29 is 9.66 Å². The Morgan fingerprint density at radius 3 is 2.80 bits per heavy atom. The number of anilines is 2. The maximum Gasteiger partial charge on any atom is 0.311 e. The summed E-state index contributed by atoms with van der Waals surface area (Å²) in [6, 6.07) is 7.91. The number of nitro groups is 1. The first-order valence-corrected chi connectivity index (χ1v) is 6.60. The van der Waals surface area contributed by atoms with E-state index in [-0.39, 0.29) is 16.7 Å². The van der Waals surface area contributed by atoms with E-state index in [1.807, 2.05) is 0 Å². The van der Waals surface area contributed by atoms with Gasteiger partial charge in [-0.25, -0.2) is 4.98 Å². The Balaban J connectivity index is 2.46. The zero-order chi connectivity index (χ0) is 14.7. The van der Waals surface area contributed by atoms with Crippen LogP contribution < -0.4 is 10.1 Å². The van der Waals surface area contributed by atoms with Crippen molar-refractivity contribution in [3.8, 4) is 5.75 Å². The van der Waals surface area contributed by atoms with E-state index in [2.05, 4.69) is 26.2 Å². The molecule has 0 saturated carbocycles. The van der Waals surface area contributed by atoms with Gasteiger partial charge in [0.15, 0.2) is 0 Å². The van der Waals surface area contributed by atoms with Crippen LogP contribution in [0.3, 0.4) is 0 Å². The van der Waals surface area contributed by atoms with E-state index in [0.29, 0.717) is 11.4 Å². The third-order valence-electron chi connectivity index (χ3n) is 2.45. The highest BCUT2D eigenvalue weighted by Crippen LogP contribution is 2.33. The Labute approximate surface area is 128 Å². The molecule has 0 atom stereocenters. The van der Waals surface area contributed by atoms with Crippen molar-refractivity contribution in [3.05, 3.63) is 50.1 Å². The minimum Gasteiger partial charge on any atom is -0.495 e. The highest BCUT2D eigenvalue weighted by Gasteiger charge is 2.17. The van der Waals surface area contributed by atoms with Gasteiger partial charge >= 0.3 is 5.69 Å². The van der Waals surface area contributed by atoms with Crippen molar-refractivity contribution in [2.75, 3.05) is 12.4 Å². The van der Waals surface area contributed by atoms with Crippen molar-refractivity contribution in [3.63, 3.8) is 0 Å². The van der Waals surface area contributed by atoms with Crippen molar-refractivity contribution in [2.24, 2.45) is 0 Å². The van der Waals surface area contributed by atoms with E-state index in [0.717, 1.165) is 4.47 Å². The zero-order valence-electron chi connectivity index (χ0n) is 10.3. The van der Waals surface area contributed by atoms with E-state index in [4.69, 9.17) is 16.3 Å². The number of hydrogen-bond acceptors (Lipinski definition) is 5.